The number of benzene rings is 1. The van der Waals surface area contributed by atoms with Crippen LogP contribution in [0, 0.1) is 0 Å². The molecule has 2 N–H and O–H groups in total. The third-order valence-corrected chi connectivity index (χ3v) is 4.54. The molecule has 0 aliphatic carbocycles. The second-order valence-electron chi connectivity index (χ2n) is 6.85. The van der Waals surface area contributed by atoms with Crippen LogP contribution in [0.2, 0.25) is 0 Å². The molecule has 0 bridgehead atoms. The summed E-state index contributed by atoms with van der Waals surface area (Å²) in [7, 11) is 4.22. The van der Waals surface area contributed by atoms with Gasteiger partial charge in [0.15, 0.2) is 5.96 Å². The molecule has 1 aromatic heterocycles. The smallest absolute Gasteiger partial charge is 0.191 e. The van der Waals surface area contributed by atoms with Gasteiger partial charge in [0, 0.05) is 45.1 Å². The molecule has 0 spiro atoms. The lowest BCUT2D eigenvalue weighted by molar-refractivity contribution is 0.238. The van der Waals surface area contributed by atoms with Gasteiger partial charge < -0.3 is 15.2 Å². The molecule has 2 rings (SSSR count). The molecule has 1 unspecified atom stereocenters. The van der Waals surface area contributed by atoms with Gasteiger partial charge in [0.1, 0.15) is 0 Å². The molecule has 5 nitrogen and oxygen atoms in total. The number of guanidine groups is 1. The molecule has 27 heavy (non-hydrogen) atoms. The van der Waals surface area contributed by atoms with Gasteiger partial charge >= 0.3 is 0 Å². The topological polar surface area (TPSA) is 44.6 Å². The van der Waals surface area contributed by atoms with E-state index in [9.17, 15) is 0 Å². The average Bonchev–Trinajstić information content (AvgIpc) is 3.05. The summed E-state index contributed by atoms with van der Waals surface area (Å²) >= 11 is 0. The number of aryl methyl sites for hydroxylation is 1. The summed E-state index contributed by atoms with van der Waals surface area (Å²) in [5.41, 5.74) is 2.58. The number of aliphatic imine (C=N–C) groups is 1. The lowest BCUT2D eigenvalue weighted by Gasteiger charge is -2.25. The van der Waals surface area contributed by atoms with Crippen molar-refractivity contribution in [1.29, 1.82) is 0 Å². The highest BCUT2D eigenvalue weighted by Crippen LogP contribution is 2.08. The van der Waals surface area contributed by atoms with E-state index in [-0.39, 0.29) is 24.0 Å². The van der Waals surface area contributed by atoms with E-state index in [0.29, 0.717) is 12.6 Å². The van der Waals surface area contributed by atoms with Crippen LogP contribution in [-0.2, 0) is 20.1 Å². The van der Waals surface area contributed by atoms with Crippen molar-refractivity contribution in [3.63, 3.8) is 0 Å². The van der Waals surface area contributed by atoms with Gasteiger partial charge in [-0.3, -0.25) is 4.90 Å². The number of nitrogens with one attached hydrogen (secondary N) is 2. The minimum atomic E-state index is 0. The number of nitrogens with zero attached hydrogens (tertiary/aromatic N) is 3. The average molecular weight is 483 g/mol. The van der Waals surface area contributed by atoms with Crippen molar-refractivity contribution in [3.05, 3.63) is 59.9 Å². The van der Waals surface area contributed by atoms with Crippen molar-refractivity contribution < 1.29 is 0 Å². The maximum absolute atomic E-state index is 4.67. The predicted molar refractivity (Wildman–Crippen MR) is 126 cm³/mol. The zero-order valence-electron chi connectivity index (χ0n) is 17.0. The van der Waals surface area contributed by atoms with E-state index in [0.717, 1.165) is 32.0 Å². The van der Waals surface area contributed by atoms with Crippen LogP contribution in [0.1, 0.15) is 31.4 Å². The molecule has 0 aliphatic rings. The monoisotopic (exact) mass is 483 g/mol. The fraction of sp³-hybridized carbons (Fsp3) is 0.476. The van der Waals surface area contributed by atoms with Crippen LogP contribution in [0.3, 0.4) is 0 Å². The number of hydrogen-bond donors (Lipinski definition) is 2. The van der Waals surface area contributed by atoms with E-state index in [1.165, 1.54) is 11.1 Å². The molecule has 2 aromatic rings. The Morgan fingerprint density at radius 3 is 2.52 bits per heavy atom. The summed E-state index contributed by atoms with van der Waals surface area (Å²) in [6.45, 7) is 7.81. The zero-order chi connectivity index (χ0) is 18.8. The summed E-state index contributed by atoms with van der Waals surface area (Å²) in [6.07, 6.45) is 5.22. The predicted octanol–water partition coefficient (Wildman–Crippen LogP) is 3.61. The first-order valence-electron chi connectivity index (χ1n) is 9.45. The molecule has 1 heterocycles. The van der Waals surface area contributed by atoms with E-state index in [1.807, 2.05) is 7.05 Å². The summed E-state index contributed by atoms with van der Waals surface area (Å²) in [6, 6.07) is 13.2. The normalized spacial score (nSPS) is 12.6. The van der Waals surface area contributed by atoms with Gasteiger partial charge in [0.2, 0.25) is 0 Å². The van der Waals surface area contributed by atoms with Crippen LogP contribution in [0.25, 0.3) is 0 Å². The first-order chi connectivity index (χ1) is 12.6. The molecule has 150 valence electrons. The van der Waals surface area contributed by atoms with Gasteiger partial charge in [-0.05, 0) is 44.5 Å². The minimum absolute atomic E-state index is 0. The quantitative estimate of drug-likeness (QED) is 0.326. The Hall–Kier alpha value is -1.54. The van der Waals surface area contributed by atoms with Crippen molar-refractivity contribution in [1.82, 2.24) is 20.1 Å². The molecule has 0 fully saturated rings. The Labute approximate surface area is 181 Å². The molecular formula is C21H34IN5. The summed E-state index contributed by atoms with van der Waals surface area (Å²) in [4.78, 5) is 7.07. The van der Waals surface area contributed by atoms with Crippen molar-refractivity contribution in [2.75, 3.05) is 20.1 Å². The molecular weight excluding hydrogens is 449 g/mol. The first kappa shape index (κ1) is 23.5. The third kappa shape index (κ3) is 8.79. The van der Waals surface area contributed by atoms with Crippen LogP contribution in [-0.4, -0.2) is 41.6 Å². The van der Waals surface area contributed by atoms with E-state index in [2.05, 4.69) is 94.8 Å². The van der Waals surface area contributed by atoms with E-state index >= 15 is 0 Å². The zero-order valence-corrected chi connectivity index (χ0v) is 19.3. The summed E-state index contributed by atoms with van der Waals surface area (Å²) in [5, 5.41) is 6.77. The van der Waals surface area contributed by atoms with Crippen molar-refractivity contribution in [2.45, 2.75) is 39.4 Å². The van der Waals surface area contributed by atoms with Gasteiger partial charge in [-0.2, -0.15) is 0 Å². The first-order valence-corrected chi connectivity index (χ1v) is 9.45. The molecule has 0 amide bonds. The highest BCUT2D eigenvalue weighted by molar-refractivity contribution is 14.0. The van der Waals surface area contributed by atoms with Crippen LogP contribution in [0.15, 0.2) is 53.8 Å². The van der Waals surface area contributed by atoms with Crippen molar-refractivity contribution in [2.24, 2.45) is 12.0 Å². The number of hydrogen-bond acceptors (Lipinski definition) is 2. The van der Waals surface area contributed by atoms with Gasteiger partial charge in [-0.25, -0.2) is 4.99 Å². The van der Waals surface area contributed by atoms with Gasteiger partial charge in [-0.1, -0.05) is 30.3 Å². The van der Waals surface area contributed by atoms with Gasteiger partial charge in [-0.15, -0.1) is 24.0 Å². The third-order valence-electron chi connectivity index (χ3n) is 4.54. The largest absolute Gasteiger partial charge is 0.357 e. The van der Waals surface area contributed by atoms with Gasteiger partial charge in [0.05, 0.1) is 6.54 Å². The second kappa shape index (κ2) is 12.8. The lowest BCUT2D eigenvalue weighted by Crippen LogP contribution is -2.40. The standard InChI is InChI=1S/C21H33N5.HI/c1-5-22-21(24-15-20-12-14-25(3)16-20)23-13-11-18(2)26(4)17-19-9-7-6-8-10-19;/h6-10,12,14,16,18H,5,11,13,15,17H2,1-4H3,(H2,22,23,24);1H. The molecule has 0 saturated heterocycles. The van der Waals surface area contributed by atoms with E-state index in [4.69, 9.17) is 0 Å². The molecule has 1 aromatic carbocycles. The molecule has 0 aliphatic heterocycles. The van der Waals surface area contributed by atoms with Crippen LogP contribution in [0.4, 0.5) is 0 Å². The SMILES string of the molecule is CCNC(=NCc1ccn(C)c1)NCCC(C)N(C)Cc1ccccc1.I. The molecule has 0 saturated carbocycles. The fourth-order valence-electron chi connectivity index (χ4n) is 2.81. The maximum Gasteiger partial charge on any atom is 0.191 e. The molecule has 6 heteroatoms. The molecule has 0 radical (unpaired) electrons. The Balaban J connectivity index is 0.00000364. The Morgan fingerprint density at radius 2 is 1.89 bits per heavy atom. The minimum Gasteiger partial charge on any atom is -0.357 e. The highest BCUT2D eigenvalue weighted by atomic mass is 127. The molecule has 1 atom stereocenters. The van der Waals surface area contributed by atoms with Crippen molar-refractivity contribution in [3.8, 4) is 0 Å². The number of aromatic nitrogens is 1. The lowest BCUT2D eigenvalue weighted by atomic mass is 10.1. The second-order valence-corrected chi connectivity index (χ2v) is 6.85. The van der Waals surface area contributed by atoms with E-state index in [1.54, 1.807) is 0 Å². The van der Waals surface area contributed by atoms with E-state index < -0.39 is 0 Å². The van der Waals surface area contributed by atoms with Crippen LogP contribution < -0.4 is 10.6 Å². The maximum atomic E-state index is 4.67. The number of rotatable bonds is 9. The summed E-state index contributed by atoms with van der Waals surface area (Å²) < 4.78 is 2.05. The van der Waals surface area contributed by atoms with Crippen LogP contribution in [0.5, 0.6) is 0 Å². The number of halogens is 1. The Morgan fingerprint density at radius 1 is 1.15 bits per heavy atom. The fourth-order valence-corrected chi connectivity index (χ4v) is 2.81. The Kier molecular flexibility index (Phi) is 11.1. The Bertz CT molecular complexity index is 668. The highest BCUT2D eigenvalue weighted by Gasteiger charge is 2.09. The summed E-state index contributed by atoms with van der Waals surface area (Å²) in [5.74, 6) is 0.884. The van der Waals surface area contributed by atoms with Gasteiger partial charge in [0.25, 0.3) is 0 Å². The van der Waals surface area contributed by atoms with Crippen molar-refractivity contribution >= 4 is 29.9 Å². The van der Waals surface area contributed by atoms with Crippen LogP contribution >= 0.6 is 24.0 Å².